The van der Waals surface area contributed by atoms with Gasteiger partial charge in [0.2, 0.25) is 0 Å². The number of benzene rings is 1. The monoisotopic (exact) mass is 290 g/mol. The Balaban J connectivity index is 2.69. The van der Waals surface area contributed by atoms with E-state index in [0.717, 1.165) is 6.42 Å². The molecule has 1 aromatic heterocycles. The van der Waals surface area contributed by atoms with Crippen LogP contribution in [0.25, 0.3) is 10.8 Å². The fourth-order valence-corrected chi connectivity index (χ4v) is 2.31. The third-order valence-corrected chi connectivity index (χ3v) is 3.30. The van der Waals surface area contributed by atoms with Gasteiger partial charge in [-0.2, -0.15) is 0 Å². The van der Waals surface area contributed by atoms with E-state index in [0.29, 0.717) is 17.6 Å². The number of rotatable bonds is 4. The fraction of sp³-hybridized carbons (Fsp3) is 0.375. The molecular formula is C16H19FN2O2. The normalized spacial score (nSPS) is 11.1. The SMILES string of the molecule is CCCNC(=O)c1cc2ccc(F)cc2c(=O)n1C(C)C. The summed E-state index contributed by atoms with van der Waals surface area (Å²) >= 11 is 0. The zero-order valence-corrected chi connectivity index (χ0v) is 12.4. The number of nitrogens with one attached hydrogen (secondary N) is 1. The van der Waals surface area contributed by atoms with E-state index in [-0.39, 0.29) is 22.9 Å². The molecule has 4 nitrogen and oxygen atoms in total. The van der Waals surface area contributed by atoms with E-state index in [2.05, 4.69) is 5.32 Å². The lowest BCUT2D eigenvalue weighted by atomic mass is 10.1. The molecule has 0 bridgehead atoms. The second-order valence-corrected chi connectivity index (χ2v) is 5.29. The molecular weight excluding hydrogens is 271 g/mol. The molecule has 0 aliphatic carbocycles. The summed E-state index contributed by atoms with van der Waals surface area (Å²) in [6.07, 6.45) is 0.816. The molecule has 0 atom stereocenters. The second-order valence-electron chi connectivity index (χ2n) is 5.29. The molecule has 112 valence electrons. The highest BCUT2D eigenvalue weighted by atomic mass is 19.1. The van der Waals surface area contributed by atoms with Crippen molar-refractivity contribution in [1.29, 1.82) is 0 Å². The van der Waals surface area contributed by atoms with E-state index in [1.54, 1.807) is 6.07 Å². The highest BCUT2D eigenvalue weighted by Gasteiger charge is 2.17. The minimum Gasteiger partial charge on any atom is -0.351 e. The lowest BCUT2D eigenvalue weighted by Crippen LogP contribution is -2.33. The zero-order valence-electron chi connectivity index (χ0n) is 12.4. The van der Waals surface area contributed by atoms with Gasteiger partial charge in [0.25, 0.3) is 11.5 Å². The number of hydrogen-bond donors (Lipinski definition) is 1. The number of carbonyl (C=O) groups excluding carboxylic acids is 1. The van der Waals surface area contributed by atoms with Crippen molar-refractivity contribution in [2.24, 2.45) is 0 Å². The minimum absolute atomic E-state index is 0.187. The number of pyridine rings is 1. The van der Waals surface area contributed by atoms with Crippen LogP contribution in [0.1, 0.15) is 43.7 Å². The highest BCUT2D eigenvalue weighted by molar-refractivity contribution is 5.96. The standard InChI is InChI=1S/C16H19FN2O2/c1-4-7-18-15(20)14-8-11-5-6-12(17)9-13(11)16(21)19(14)10(2)3/h5-6,8-10H,4,7H2,1-3H3,(H,18,20). The summed E-state index contributed by atoms with van der Waals surface area (Å²) in [7, 11) is 0. The Morgan fingerprint density at radius 1 is 1.33 bits per heavy atom. The molecule has 0 radical (unpaired) electrons. The molecule has 0 spiro atoms. The first-order valence-corrected chi connectivity index (χ1v) is 7.08. The van der Waals surface area contributed by atoms with Crippen LogP contribution in [-0.2, 0) is 0 Å². The van der Waals surface area contributed by atoms with Crippen LogP contribution in [-0.4, -0.2) is 17.0 Å². The summed E-state index contributed by atoms with van der Waals surface area (Å²) < 4.78 is 14.8. The van der Waals surface area contributed by atoms with Gasteiger partial charge in [0.15, 0.2) is 0 Å². The summed E-state index contributed by atoms with van der Waals surface area (Å²) in [5, 5.41) is 3.63. The molecule has 1 aromatic carbocycles. The van der Waals surface area contributed by atoms with Gasteiger partial charge in [-0.05, 0) is 43.9 Å². The number of carbonyl (C=O) groups is 1. The van der Waals surface area contributed by atoms with E-state index >= 15 is 0 Å². The zero-order chi connectivity index (χ0) is 15.6. The van der Waals surface area contributed by atoms with Crippen molar-refractivity contribution in [1.82, 2.24) is 9.88 Å². The van der Waals surface area contributed by atoms with E-state index in [9.17, 15) is 14.0 Å². The van der Waals surface area contributed by atoms with Crippen LogP contribution in [0.5, 0.6) is 0 Å². The molecule has 2 rings (SSSR count). The molecule has 2 aromatic rings. The third kappa shape index (κ3) is 2.96. The summed E-state index contributed by atoms with van der Waals surface area (Å²) in [6.45, 7) is 6.15. The van der Waals surface area contributed by atoms with E-state index in [1.165, 1.54) is 22.8 Å². The van der Waals surface area contributed by atoms with Crippen molar-refractivity contribution in [2.75, 3.05) is 6.54 Å². The van der Waals surface area contributed by atoms with Gasteiger partial charge in [0, 0.05) is 12.6 Å². The number of aromatic nitrogens is 1. The maximum Gasteiger partial charge on any atom is 0.268 e. The largest absolute Gasteiger partial charge is 0.351 e. The van der Waals surface area contributed by atoms with Gasteiger partial charge in [-0.15, -0.1) is 0 Å². The maximum absolute atomic E-state index is 13.3. The molecule has 1 heterocycles. The number of hydrogen-bond acceptors (Lipinski definition) is 2. The van der Waals surface area contributed by atoms with Gasteiger partial charge < -0.3 is 9.88 Å². The van der Waals surface area contributed by atoms with E-state index < -0.39 is 5.82 Å². The minimum atomic E-state index is -0.460. The van der Waals surface area contributed by atoms with Crippen LogP contribution in [0.2, 0.25) is 0 Å². The van der Waals surface area contributed by atoms with Crippen LogP contribution in [0, 0.1) is 5.82 Å². The lowest BCUT2D eigenvalue weighted by molar-refractivity contribution is 0.0941. The summed E-state index contributed by atoms with van der Waals surface area (Å²) in [4.78, 5) is 24.8. The Labute approximate surface area is 122 Å². The van der Waals surface area contributed by atoms with Crippen LogP contribution >= 0.6 is 0 Å². The molecule has 1 amide bonds. The lowest BCUT2D eigenvalue weighted by Gasteiger charge is -2.17. The van der Waals surface area contributed by atoms with Gasteiger partial charge in [0.1, 0.15) is 11.5 Å². The number of halogens is 1. The van der Waals surface area contributed by atoms with Crippen LogP contribution < -0.4 is 10.9 Å². The van der Waals surface area contributed by atoms with Gasteiger partial charge in [0.05, 0.1) is 5.39 Å². The van der Waals surface area contributed by atoms with Crippen molar-refractivity contribution in [3.8, 4) is 0 Å². The van der Waals surface area contributed by atoms with Gasteiger partial charge in [-0.1, -0.05) is 13.0 Å². The van der Waals surface area contributed by atoms with Gasteiger partial charge >= 0.3 is 0 Å². The topological polar surface area (TPSA) is 51.1 Å². The summed E-state index contributed by atoms with van der Waals surface area (Å²) in [5.74, 6) is -0.744. The predicted octanol–water partition coefficient (Wildman–Crippen LogP) is 2.86. The summed E-state index contributed by atoms with van der Waals surface area (Å²) in [6, 6.07) is 5.47. The first-order valence-electron chi connectivity index (χ1n) is 7.08. The van der Waals surface area contributed by atoms with Crippen molar-refractivity contribution in [3.63, 3.8) is 0 Å². The van der Waals surface area contributed by atoms with E-state index in [4.69, 9.17) is 0 Å². The van der Waals surface area contributed by atoms with Crippen LogP contribution in [0.15, 0.2) is 29.1 Å². The van der Waals surface area contributed by atoms with Crippen molar-refractivity contribution in [2.45, 2.75) is 33.2 Å². The van der Waals surface area contributed by atoms with Gasteiger partial charge in [-0.3, -0.25) is 9.59 Å². The van der Waals surface area contributed by atoms with Crippen LogP contribution in [0.3, 0.4) is 0 Å². The molecule has 21 heavy (non-hydrogen) atoms. The maximum atomic E-state index is 13.3. The molecule has 1 N–H and O–H groups in total. The van der Waals surface area contributed by atoms with Gasteiger partial charge in [-0.25, -0.2) is 4.39 Å². The molecule has 0 saturated carbocycles. The second kappa shape index (κ2) is 6.08. The Kier molecular flexibility index (Phi) is 4.40. The van der Waals surface area contributed by atoms with Crippen molar-refractivity contribution < 1.29 is 9.18 Å². The molecule has 0 fully saturated rings. The fourth-order valence-electron chi connectivity index (χ4n) is 2.31. The molecule has 0 aliphatic heterocycles. The predicted molar refractivity (Wildman–Crippen MR) is 81.2 cm³/mol. The molecule has 5 heteroatoms. The average molecular weight is 290 g/mol. The van der Waals surface area contributed by atoms with Crippen LogP contribution in [0.4, 0.5) is 4.39 Å². The quantitative estimate of drug-likeness (QED) is 0.941. The number of amides is 1. The Bertz CT molecular complexity index is 735. The highest BCUT2D eigenvalue weighted by Crippen LogP contribution is 2.16. The van der Waals surface area contributed by atoms with E-state index in [1.807, 2.05) is 20.8 Å². The molecule has 0 saturated heterocycles. The Morgan fingerprint density at radius 2 is 2.05 bits per heavy atom. The summed E-state index contributed by atoms with van der Waals surface area (Å²) in [5.41, 5.74) is -0.0359. The average Bonchev–Trinajstić information content (AvgIpc) is 2.44. The Hall–Kier alpha value is -2.17. The first-order chi connectivity index (χ1) is 9.95. The first kappa shape index (κ1) is 15.2. The number of nitrogens with zero attached hydrogens (tertiary/aromatic N) is 1. The molecule has 0 unspecified atom stereocenters. The Morgan fingerprint density at radius 3 is 2.67 bits per heavy atom. The number of fused-ring (bicyclic) bond motifs is 1. The third-order valence-electron chi connectivity index (χ3n) is 3.30. The van der Waals surface area contributed by atoms with Crippen molar-refractivity contribution in [3.05, 3.63) is 46.1 Å². The molecule has 0 aliphatic rings. The van der Waals surface area contributed by atoms with Crippen molar-refractivity contribution >= 4 is 16.7 Å². The smallest absolute Gasteiger partial charge is 0.268 e.